The molecule has 1 saturated carbocycles. The molecule has 0 heterocycles. The van der Waals surface area contributed by atoms with Crippen molar-refractivity contribution < 1.29 is 0 Å². The highest BCUT2D eigenvalue weighted by atomic mass is 14.4. The molecule has 0 bridgehead atoms. The zero-order valence-electron chi connectivity index (χ0n) is 40.3. The number of hydrogen-bond donors (Lipinski definition) is 0. The van der Waals surface area contributed by atoms with E-state index in [0.29, 0.717) is 5.92 Å². The summed E-state index contributed by atoms with van der Waals surface area (Å²) in [6, 6.07) is 62.7. The molecular formula is C66H66. The standard InChI is InChI=1S/C24H24.C23H24.C19H18/c1-17-13-15-19(16-14-17)22-11-6-12-23(24(22)20-8-5-9-20)21-10-4-3-7-18(21)2;1-16-8-10-18-19-11-9-17(23(4)12-6-5-7-13-23)15-21(19)22(2,3)20(18)14-16;1-2-5-15-8-10-17(11-9-15)19-13-12-16-6-3-4-7-18(16)14-19/h3-4,6-7,10-16,20H,5,8-9H2,1-2H3;5-12,14-15H,13H2,1-4H3;3-4,6-14H,2,5H2,1H3. The van der Waals surface area contributed by atoms with Crippen LogP contribution in [0.2, 0.25) is 0 Å². The lowest BCUT2D eigenvalue weighted by Gasteiger charge is -2.31. The number of benzene rings is 8. The normalized spacial score (nSPS) is 16.6. The molecule has 0 aromatic heterocycles. The molecule has 1 unspecified atom stereocenters. The van der Waals surface area contributed by atoms with Crippen molar-refractivity contribution in [3.63, 3.8) is 0 Å². The quantitative estimate of drug-likeness (QED) is 0.150. The van der Waals surface area contributed by atoms with Crippen LogP contribution in [0.1, 0.15) is 110 Å². The van der Waals surface area contributed by atoms with Crippen molar-refractivity contribution in [2.75, 3.05) is 0 Å². The summed E-state index contributed by atoms with van der Waals surface area (Å²) in [4.78, 5) is 0. The zero-order valence-corrected chi connectivity index (χ0v) is 40.3. The van der Waals surface area contributed by atoms with E-state index >= 15 is 0 Å². The Hall–Kier alpha value is -6.50. The predicted octanol–water partition coefficient (Wildman–Crippen LogP) is 18.4. The fraction of sp³-hybridized carbons (Fsp3) is 0.242. The van der Waals surface area contributed by atoms with Crippen LogP contribution >= 0.6 is 0 Å². The molecule has 0 N–H and O–H groups in total. The van der Waals surface area contributed by atoms with E-state index in [2.05, 4.69) is 243 Å². The minimum absolute atomic E-state index is 0.0806. The van der Waals surface area contributed by atoms with Crippen LogP contribution in [0.25, 0.3) is 55.3 Å². The Morgan fingerprint density at radius 3 is 1.83 bits per heavy atom. The van der Waals surface area contributed by atoms with Crippen molar-refractivity contribution in [1.29, 1.82) is 0 Å². The lowest BCUT2D eigenvalue weighted by Crippen LogP contribution is -2.21. The fourth-order valence-electron chi connectivity index (χ4n) is 10.5. The third-order valence-electron chi connectivity index (χ3n) is 14.7. The molecule has 66 heavy (non-hydrogen) atoms. The molecule has 0 spiro atoms. The molecular weight excluding hydrogens is 793 g/mol. The van der Waals surface area contributed by atoms with Crippen molar-refractivity contribution >= 4 is 10.8 Å². The molecule has 0 nitrogen and oxygen atoms in total. The number of aryl methyl sites for hydroxylation is 4. The van der Waals surface area contributed by atoms with E-state index in [4.69, 9.17) is 0 Å². The molecule has 0 aliphatic heterocycles. The number of hydrogen-bond acceptors (Lipinski definition) is 0. The highest BCUT2D eigenvalue weighted by Crippen LogP contribution is 2.51. The van der Waals surface area contributed by atoms with E-state index in [1.165, 1.54) is 120 Å². The van der Waals surface area contributed by atoms with Crippen LogP contribution in [-0.4, -0.2) is 0 Å². The SMILES string of the molecule is CCCc1ccc(-c2ccc3ccccc3c2)cc1.Cc1ccc(-c2cccc(-c3ccccc3C)c2C2CCC2)cc1.Cc1ccc2c(c1)C(C)(C)c1cc(C3(C)C=CC=CC3)ccc1-2. The van der Waals surface area contributed by atoms with Crippen LogP contribution in [0.4, 0.5) is 0 Å². The topological polar surface area (TPSA) is 0 Å². The van der Waals surface area contributed by atoms with Gasteiger partial charge >= 0.3 is 0 Å². The molecule has 8 aromatic rings. The van der Waals surface area contributed by atoms with Gasteiger partial charge in [0, 0.05) is 10.8 Å². The van der Waals surface area contributed by atoms with Gasteiger partial charge in [0.1, 0.15) is 0 Å². The van der Waals surface area contributed by atoms with E-state index in [9.17, 15) is 0 Å². The van der Waals surface area contributed by atoms with Gasteiger partial charge in [0.15, 0.2) is 0 Å². The Morgan fingerprint density at radius 2 is 1.14 bits per heavy atom. The summed E-state index contributed by atoms with van der Waals surface area (Å²) in [6.45, 7) is 15.8. The van der Waals surface area contributed by atoms with Crippen molar-refractivity contribution in [2.45, 2.75) is 104 Å². The molecule has 1 atom stereocenters. The Morgan fingerprint density at radius 1 is 0.500 bits per heavy atom. The first-order valence-corrected chi connectivity index (χ1v) is 24.5. The molecule has 3 aliphatic carbocycles. The Bertz CT molecular complexity index is 3040. The van der Waals surface area contributed by atoms with Crippen molar-refractivity contribution in [3.8, 4) is 44.5 Å². The number of rotatable bonds is 7. The first-order chi connectivity index (χ1) is 32.0. The Kier molecular flexibility index (Phi) is 13.0. The first-order valence-electron chi connectivity index (χ1n) is 24.5. The molecule has 11 rings (SSSR count). The maximum absolute atomic E-state index is 2.45. The maximum Gasteiger partial charge on any atom is 0.0159 e. The van der Waals surface area contributed by atoms with Gasteiger partial charge < -0.3 is 0 Å². The first kappa shape index (κ1) is 44.7. The van der Waals surface area contributed by atoms with Gasteiger partial charge in [-0.2, -0.15) is 0 Å². The summed E-state index contributed by atoms with van der Waals surface area (Å²) in [7, 11) is 0. The van der Waals surface area contributed by atoms with Crippen LogP contribution in [0.3, 0.4) is 0 Å². The summed E-state index contributed by atoms with van der Waals surface area (Å²) in [6.07, 6.45) is 16.4. The third kappa shape index (κ3) is 9.17. The number of allylic oxidation sites excluding steroid dienone is 4. The van der Waals surface area contributed by atoms with E-state index in [-0.39, 0.29) is 10.8 Å². The minimum Gasteiger partial charge on any atom is -0.0834 e. The Labute approximate surface area is 395 Å². The van der Waals surface area contributed by atoms with Gasteiger partial charge in [0.25, 0.3) is 0 Å². The predicted molar refractivity (Wildman–Crippen MR) is 286 cm³/mol. The molecule has 8 aromatic carbocycles. The van der Waals surface area contributed by atoms with Gasteiger partial charge in [-0.1, -0.05) is 240 Å². The van der Waals surface area contributed by atoms with E-state index in [1.807, 2.05) is 0 Å². The molecule has 0 amide bonds. The van der Waals surface area contributed by atoms with Crippen molar-refractivity contribution in [2.24, 2.45) is 0 Å². The summed E-state index contributed by atoms with van der Waals surface area (Å²) in [5.74, 6) is 0.706. The molecule has 330 valence electrons. The fourth-order valence-corrected chi connectivity index (χ4v) is 10.5. The zero-order chi connectivity index (χ0) is 45.8. The monoisotopic (exact) mass is 859 g/mol. The highest BCUT2D eigenvalue weighted by Gasteiger charge is 2.37. The van der Waals surface area contributed by atoms with Crippen molar-refractivity contribution in [3.05, 3.63) is 239 Å². The van der Waals surface area contributed by atoms with E-state index < -0.39 is 0 Å². The van der Waals surface area contributed by atoms with E-state index in [1.54, 1.807) is 5.56 Å². The second-order valence-electron chi connectivity index (χ2n) is 19.9. The lowest BCUT2D eigenvalue weighted by molar-refractivity contribution is 0.421. The summed E-state index contributed by atoms with van der Waals surface area (Å²) in [5, 5.41) is 2.60. The van der Waals surface area contributed by atoms with Crippen LogP contribution in [-0.2, 0) is 17.3 Å². The molecule has 0 saturated heterocycles. The average Bonchev–Trinajstić information content (AvgIpc) is 3.54. The van der Waals surface area contributed by atoms with Crippen LogP contribution < -0.4 is 0 Å². The second-order valence-corrected chi connectivity index (χ2v) is 19.9. The second kappa shape index (κ2) is 19.1. The van der Waals surface area contributed by atoms with Gasteiger partial charge in [-0.15, -0.1) is 0 Å². The van der Waals surface area contributed by atoms with Gasteiger partial charge in [-0.05, 0) is 147 Å². The van der Waals surface area contributed by atoms with Crippen LogP contribution in [0, 0.1) is 20.8 Å². The largest absolute Gasteiger partial charge is 0.0834 e. The average molecular weight is 859 g/mol. The summed E-state index contributed by atoms with van der Waals surface area (Å²) < 4.78 is 0. The summed E-state index contributed by atoms with van der Waals surface area (Å²) in [5.41, 5.74) is 22.5. The third-order valence-corrected chi connectivity index (χ3v) is 14.7. The number of fused-ring (bicyclic) bond motifs is 4. The van der Waals surface area contributed by atoms with Gasteiger partial charge in [0.2, 0.25) is 0 Å². The lowest BCUT2D eigenvalue weighted by atomic mass is 9.74. The molecule has 3 aliphatic rings. The van der Waals surface area contributed by atoms with Gasteiger partial charge in [-0.25, -0.2) is 0 Å². The maximum atomic E-state index is 2.45. The Balaban J connectivity index is 0.000000125. The molecule has 0 radical (unpaired) electrons. The molecule has 0 heteroatoms. The summed E-state index contributed by atoms with van der Waals surface area (Å²) >= 11 is 0. The smallest absolute Gasteiger partial charge is 0.0159 e. The minimum atomic E-state index is 0.0806. The van der Waals surface area contributed by atoms with E-state index in [0.717, 1.165) is 12.8 Å². The van der Waals surface area contributed by atoms with Crippen molar-refractivity contribution in [1.82, 2.24) is 0 Å². The van der Waals surface area contributed by atoms with Gasteiger partial charge in [0.05, 0.1) is 0 Å². The van der Waals surface area contributed by atoms with Crippen LogP contribution in [0.15, 0.2) is 194 Å². The molecule has 1 fully saturated rings. The highest BCUT2D eigenvalue weighted by molar-refractivity contribution is 5.87. The van der Waals surface area contributed by atoms with Gasteiger partial charge in [-0.3, -0.25) is 0 Å². The van der Waals surface area contributed by atoms with Crippen LogP contribution in [0.5, 0.6) is 0 Å².